The summed E-state index contributed by atoms with van der Waals surface area (Å²) >= 11 is 0. The van der Waals surface area contributed by atoms with Crippen molar-refractivity contribution in [3.63, 3.8) is 0 Å². The van der Waals surface area contributed by atoms with Crippen molar-refractivity contribution in [2.24, 2.45) is 0 Å². The van der Waals surface area contributed by atoms with E-state index in [1.54, 1.807) is 0 Å². The number of fused-ring (bicyclic) bond motifs is 1. The quantitative estimate of drug-likeness (QED) is 0.799. The fraction of sp³-hybridized carbons (Fsp3) is 0.538. The van der Waals surface area contributed by atoms with Crippen LogP contribution in [0.5, 0.6) is 0 Å². The maximum Gasteiger partial charge on any atom is 0.0765 e. The van der Waals surface area contributed by atoms with Crippen LogP contribution in [-0.4, -0.2) is 23.8 Å². The van der Waals surface area contributed by atoms with Crippen LogP contribution in [0.25, 0.3) is 0 Å². The zero-order chi connectivity index (χ0) is 11.1. The number of nitrogens with zero attached hydrogens (tertiary/aromatic N) is 1. The van der Waals surface area contributed by atoms with Crippen LogP contribution in [0.15, 0.2) is 18.2 Å². The first-order valence-corrected chi connectivity index (χ1v) is 5.53. The number of aliphatic hydroxyl groups is 1. The minimum Gasteiger partial charge on any atom is -0.389 e. The average molecular weight is 205 g/mol. The van der Waals surface area contributed by atoms with Crippen molar-refractivity contribution in [1.29, 1.82) is 0 Å². The van der Waals surface area contributed by atoms with Gasteiger partial charge in [-0.1, -0.05) is 12.1 Å². The maximum atomic E-state index is 9.83. The largest absolute Gasteiger partial charge is 0.389 e. The zero-order valence-electron chi connectivity index (χ0n) is 9.75. The molecule has 0 spiro atoms. The third kappa shape index (κ3) is 2.15. The summed E-state index contributed by atoms with van der Waals surface area (Å²) < 4.78 is 0. The highest BCUT2D eigenvalue weighted by molar-refractivity contribution is 5.60. The number of benzene rings is 1. The summed E-state index contributed by atoms with van der Waals surface area (Å²) in [5.41, 5.74) is 3.50. The molecule has 0 atom stereocenters. The molecule has 0 unspecified atom stereocenters. The number of β-amino-alcohol motifs (C(OH)–C–C–N with tert-alkyl or cyclic N) is 1. The highest BCUT2D eigenvalue weighted by Crippen LogP contribution is 2.31. The van der Waals surface area contributed by atoms with Crippen molar-refractivity contribution < 1.29 is 5.11 Å². The number of anilines is 1. The molecule has 1 aromatic carbocycles. The smallest absolute Gasteiger partial charge is 0.0765 e. The molecule has 0 aromatic heterocycles. The molecule has 0 fully saturated rings. The Balaban J connectivity index is 2.26. The van der Waals surface area contributed by atoms with Gasteiger partial charge in [0.25, 0.3) is 0 Å². The predicted molar refractivity (Wildman–Crippen MR) is 63.4 cm³/mol. The van der Waals surface area contributed by atoms with Crippen molar-refractivity contribution in [3.8, 4) is 0 Å². The molecule has 1 N–H and O–H groups in total. The lowest BCUT2D eigenvalue weighted by Gasteiger charge is -2.27. The molecule has 0 aliphatic carbocycles. The second-order valence-electron chi connectivity index (χ2n) is 5.06. The number of hydrogen-bond acceptors (Lipinski definition) is 2. The van der Waals surface area contributed by atoms with Crippen LogP contribution in [0.1, 0.15) is 25.0 Å². The molecule has 2 nitrogen and oxygen atoms in total. The molecule has 0 amide bonds. The number of rotatable bonds is 2. The second kappa shape index (κ2) is 3.53. The SMILES string of the molecule is Cc1cccc2c1CCN2CC(C)(C)O. The molecule has 0 radical (unpaired) electrons. The van der Waals surface area contributed by atoms with E-state index >= 15 is 0 Å². The summed E-state index contributed by atoms with van der Waals surface area (Å²) in [5, 5.41) is 9.83. The van der Waals surface area contributed by atoms with Gasteiger partial charge >= 0.3 is 0 Å². The first-order chi connectivity index (χ1) is 6.97. The van der Waals surface area contributed by atoms with Gasteiger partial charge in [-0.15, -0.1) is 0 Å². The summed E-state index contributed by atoms with van der Waals surface area (Å²) in [6.07, 6.45) is 1.11. The topological polar surface area (TPSA) is 23.5 Å². The Bertz CT molecular complexity index is 365. The van der Waals surface area contributed by atoms with Crippen LogP contribution in [-0.2, 0) is 6.42 Å². The molecule has 2 heteroatoms. The van der Waals surface area contributed by atoms with Gasteiger partial charge in [-0.25, -0.2) is 0 Å². The molecule has 82 valence electrons. The van der Waals surface area contributed by atoms with E-state index in [0.717, 1.165) is 13.0 Å². The van der Waals surface area contributed by atoms with Gasteiger partial charge in [-0.2, -0.15) is 0 Å². The molecule has 1 aliphatic rings. The summed E-state index contributed by atoms with van der Waals surface area (Å²) in [7, 11) is 0. The van der Waals surface area contributed by atoms with Crippen LogP contribution in [0.4, 0.5) is 5.69 Å². The molecular weight excluding hydrogens is 186 g/mol. The predicted octanol–water partition coefficient (Wildman–Crippen LogP) is 2.13. The van der Waals surface area contributed by atoms with Gasteiger partial charge in [0.2, 0.25) is 0 Å². The van der Waals surface area contributed by atoms with E-state index in [9.17, 15) is 5.11 Å². The third-order valence-electron chi connectivity index (χ3n) is 2.94. The van der Waals surface area contributed by atoms with E-state index < -0.39 is 5.60 Å². The zero-order valence-corrected chi connectivity index (χ0v) is 9.75. The lowest BCUT2D eigenvalue weighted by Crippen LogP contribution is -2.37. The van der Waals surface area contributed by atoms with Crippen molar-refractivity contribution in [3.05, 3.63) is 29.3 Å². The average Bonchev–Trinajstić information content (AvgIpc) is 2.48. The van der Waals surface area contributed by atoms with E-state index in [1.165, 1.54) is 16.8 Å². The van der Waals surface area contributed by atoms with Gasteiger partial charge in [0.1, 0.15) is 0 Å². The molecule has 1 aliphatic heterocycles. The van der Waals surface area contributed by atoms with Crippen LogP contribution in [0.2, 0.25) is 0 Å². The van der Waals surface area contributed by atoms with Crippen molar-refractivity contribution in [2.45, 2.75) is 32.8 Å². The first-order valence-electron chi connectivity index (χ1n) is 5.53. The van der Waals surface area contributed by atoms with Crippen LogP contribution < -0.4 is 4.90 Å². The van der Waals surface area contributed by atoms with Gasteiger partial charge in [0, 0.05) is 18.8 Å². The molecular formula is C13H19NO. The molecule has 2 rings (SSSR count). The van der Waals surface area contributed by atoms with Crippen LogP contribution in [0.3, 0.4) is 0 Å². The Labute approximate surface area is 91.5 Å². The molecule has 1 heterocycles. The minimum atomic E-state index is -0.620. The number of aryl methyl sites for hydroxylation is 1. The van der Waals surface area contributed by atoms with Crippen molar-refractivity contribution in [2.75, 3.05) is 18.0 Å². The van der Waals surface area contributed by atoms with E-state index in [1.807, 2.05) is 13.8 Å². The number of hydrogen-bond donors (Lipinski definition) is 1. The highest BCUT2D eigenvalue weighted by Gasteiger charge is 2.25. The van der Waals surface area contributed by atoms with Gasteiger partial charge in [-0.3, -0.25) is 0 Å². The van der Waals surface area contributed by atoms with Crippen LogP contribution in [0, 0.1) is 6.92 Å². The molecule has 1 aromatic rings. The van der Waals surface area contributed by atoms with Crippen molar-refractivity contribution in [1.82, 2.24) is 0 Å². The lowest BCUT2D eigenvalue weighted by molar-refractivity contribution is 0.0878. The summed E-state index contributed by atoms with van der Waals surface area (Å²) in [5.74, 6) is 0. The Morgan fingerprint density at radius 2 is 2.13 bits per heavy atom. The van der Waals surface area contributed by atoms with Gasteiger partial charge in [-0.05, 0) is 44.4 Å². The normalized spacial score (nSPS) is 15.6. The molecule has 15 heavy (non-hydrogen) atoms. The van der Waals surface area contributed by atoms with E-state index in [4.69, 9.17) is 0 Å². The minimum absolute atomic E-state index is 0.620. The van der Waals surface area contributed by atoms with Gasteiger partial charge in [0.15, 0.2) is 0 Å². The molecule has 0 bridgehead atoms. The highest BCUT2D eigenvalue weighted by atomic mass is 16.3. The van der Waals surface area contributed by atoms with Gasteiger partial charge in [0.05, 0.1) is 5.60 Å². The second-order valence-corrected chi connectivity index (χ2v) is 5.06. The fourth-order valence-corrected chi connectivity index (χ4v) is 2.31. The fourth-order valence-electron chi connectivity index (χ4n) is 2.31. The Hall–Kier alpha value is -1.02. The van der Waals surface area contributed by atoms with E-state index in [-0.39, 0.29) is 0 Å². The maximum absolute atomic E-state index is 9.83. The summed E-state index contributed by atoms with van der Waals surface area (Å²) in [4.78, 5) is 2.28. The third-order valence-corrected chi connectivity index (χ3v) is 2.94. The molecule has 0 saturated carbocycles. The lowest BCUT2D eigenvalue weighted by atomic mass is 10.1. The van der Waals surface area contributed by atoms with E-state index in [0.29, 0.717) is 6.54 Å². The molecule has 0 saturated heterocycles. The Kier molecular flexibility index (Phi) is 2.47. The first kappa shape index (κ1) is 10.5. The van der Waals surface area contributed by atoms with Crippen molar-refractivity contribution >= 4 is 5.69 Å². The summed E-state index contributed by atoms with van der Waals surface area (Å²) in [6.45, 7) is 7.63. The Morgan fingerprint density at radius 3 is 2.80 bits per heavy atom. The van der Waals surface area contributed by atoms with E-state index in [2.05, 4.69) is 30.0 Å². The monoisotopic (exact) mass is 205 g/mol. The Morgan fingerprint density at radius 1 is 1.40 bits per heavy atom. The standard InChI is InChI=1S/C13H19NO/c1-10-5-4-6-12-11(10)7-8-14(12)9-13(2,3)15/h4-6,15H,7-9H2,1-3H3. The van der Waals surface area contributed by atoms with Gasteiger partial charge < -0.3 is 10.0 Å². The van der Waals surface area contributed by atoms with Crippen LogP contribution >= 0.6 is 0 Å². The summed E-state index contributed by atoms with van der Waals surface area (Å²) in [6, 6.07) is 6.41.